The minimum absolute atomic E-state index is 0.153. The van der Waals surface area contributed by atoms with Crippen molar-refractivity contribution in [2.24, 2.45) is 0 Å². The molecule has 0 radical (unpaired) electrons. The van der Waals surface area contributed by atoms with E-state index in [1.807, 2.05) is 0 Å². The molecule has 2 heterocycles. The van der Waals surface area contributed by atoms with Crippen LogP contribution in [-0.4, -0.2) is 19.7 Å². The first-order valence-electron chi connectivity index (χ1n) is 6.11. The van der Waals surface area contributed by atoms with E-state index in [0.29, 0.717) is 5.69 Å². The molecular weight excluding hydrogens is 310 g/mol. The van der Waals surface area contributed by atoms with Crippen LogP contribution in [0.1, 0.15) is 5.69 Å². The lowest BCUT2D eigenvalue weighted by Crippen LogP contribution is -1.96. The number of fused-ring (bicyclic) bond motifs is 1. The van der Waals surface area contributed by atoms with Crippen LogP contribution in [0.4, 0.5) is 14.5 Å². The molecule has 5 nitrogen and oxygen atoms in total. The summed E-state index contributed by atoms with van der Waals surface area (Å²) in [6.07, 6.45) is 1.30. The lowest BCUT2D eigenvalue weighted by Gasteiger charge is -2.05. The number of benzene rings is 1. The van der Waals surface area contributed by atoms with Crippen LogP contribution in [0.3, 0.4) is 0 Å². The van der Waals surface area contributed by atoms with Crippen molar-refractivity contribution in [1.82, 2.24) is 14.6 Å². The van der Waals surface area contributed by atoms with Crippen LogP contribution in [0.5, 0.6) is 5.88 Å². The Labute approximate surface area is 128 Å². The standard InChI is InChI=1S/C14H8F2N4OS/c1-17-10-6-18-20-12(21)5-8(19-14(10)20)7-22-11-4-2-3-9(15)13(11)16/h2-6,21H,7H2. The number of aromatic nitrogens is 3. The second-order valence-corrected chi connectivity index (χ2v) is 5.34. The molecule has 0 aliphatic heterocycles. The van der Waals surface area contributed by atoms with Crippen LogP contribution in [0.15, 0.2) is 35.4 Å². The van der Waals surface area contributed by atoms with Gasteiger partial charge in [0.25, 0.3) is 0 Å². The van der Waals surface area contributed by atoms with Crippen LogP contribution in [0, 0.1) is 18.2 Å². The SMILES string of the molecule is [C-]#[N+]c1cnn2c(O)cc(CSc3cccc(F)c3F)nc12. The zero-order valence-corrected chi connectivity index (χ0v) is 11.8. The fraction of sp³-hybridized carbons (Fsp3) is 0.0714. The highest BCUT2D eigenvalue weighted by Gasteiger charge is 2.13. The van der Waals surface area contributed by atoms with Crippen molar-refractivity contribution in [3.05, 3.63) is 59.2 Å². The summed E-state index contributed by atoms with van der Waals surface area (Å²) in [4.78, 5) is 7.64. The molecule has 0 atom stereocenters. The second kappa shape index (κ2) is 5.61. The maximum atomic E-state index is 13.6. The molecule has 3 aromatic rings. The highest BCUT2D eigenvalue weighted by molar-refractivity contribution is 7.98. The second-order valence-electron chi connectivity index (χ2n) is 4.32. The van der Waals surface area contributed by atoms with Gasteiger partial charge in [-0.2, -0.15) is 9.61 Å². The molecule has 2 aromatic heterocycles. The molecule has 0 aliphatic carbocycles. The van der Waals surface area contributed by atoms with Crippen molar-refractivity contribution < 1.29 is 13.9 Å². The molecule has 0 amide bonds. The smallest absolute Gasteiger partial charge is 0.250 e. The predicted molar refractivity (Wildman–Crippen MR) is 76.8 cm³/mol. The molecule has 3 rings (SSSR count). The summed E-state index contributed by atoms with van der Waals surface area (Å²) in [6, 6.07) is 5.30. The minimum Gasteiger partial charge on any atom is -0.493 e. The molecule has 22 heavy (non-hydrogen) atoms. The Hall–Kier alpha value is -2.66. The van der Waals surface area contributed by atoms with Gasteiger partial charge in [0.05, 0.1) is 18.5 Å². The number of rotatable bonds is 3. The number of halogens is 2. The molecular formula is C14H8F2N4OS. The monoisotopic (exact) mass is 318 g/mol. The molecule has 0 saturated carbocycles. The molecule has 0 unspecified atom stereocenters. The first-order chi connectivity index (χ1) is 10.6. The summed E-state index contributed by atoms with van der Waals surface area (Å²) >= 11 is 1.05. The summed E-state index contributed by atoms with van der Waals surface area (Å²) in [6.45, 7) is 7.03. The van der Waals surface area contributed by atoms with Gasteiger partial charge in [-0.15, -0.1) is 11.8 Å². The van der Waals surface area contributed by atoms with Gasteiger partial charge in [-0.1, -0.05) is 6.07 Å². The zero-order valence-electron chi connectivity index (χ0n) is 11.0. The van der Waals surface area contributed by atoms with Crippen LogP contribution in [0.2, 0.25) is 0 Å². The maximum absolute atomic E-state index is 13.6. The molecule has 1 N–H and O–H groups in total. The van der Waals surface area contributed by atoms with Crippen LogP contribution in [-0.2, 0) is 5.75 Å². The van der Waals surface area contributed by atoms with Crippen molar-refractivity contribution in [3.63, 3.8) is 0 Å². The minimum atomic E-state index is -0.914. The third-order valence-corrected chi connectivity index (χ3v) is 3.97. The highest BCUT2D eigenvalue weighted by Crippen LogP contribution is 2.29. The fourth-order valence-corrected chi connectivity index (χ4v) is 2.73. The quantitative estimate of drug-likeness (QED) is 0.593. The Morgan fingerprint density at radius 1 is 1.36 bits per heavy atom. The average Bonchev–Trinajstić information content (AvgIpc) is 2.92. The van der Waals surface area contributed by atoms with Crippen LogP contribution in [0.25, 0.3) is 10.5 Å². The third-order valence-electron chi connectivity index (χ3n) is 2.90. The average molecular weight is 318 g/mol. The lowest BCUT2D eigenvalue weighted by atomic mass is 10.3. The van der Waals surface area contributed by atoms with Gasteiger partial charge in [-0.05, 0) is 12.1 Å². The van der Waals surface area contributed by atoms with Gasteiger partial charge >= 0.3 is 0 Å². The molecule has 0 spiro atoms. The van der Waals surface area contributed by atoms with Crippen LogP contribution >= 0.6 is 11.8 Å². The topological polar surface area (TPSA) is 54.8 Å². The summed E-state index contributed by atoms with van der Waals surface area (Å²) in [5.41, 5.74) is 0.869. The summed E-state index contributed by atoms with van der Waals surface area (Å²) in [7, 11) is 0. The maximum Gasteiger partial charge on any atom is 0.250 e. The van der Waals surface area contributed by atoms with Crippen molar-refractivity contribution in [2.75, 3.05) is 0 Å². The highest BCUT2D eigenvalue weighted by atomic mass is 32.2. The summed E-state index contributed by atoms with van der Waals surface area (Å²) in [5.74, 6) is -1.78. The van der Waals surface area contributed by atoms with Gasteiger partial charge in [0, 0.05) is 16.7 Å². The van der Waals surface area contributed by atoms with E-state index in [1.54, 1.807) is 0 Å². The predicted octanol–water partition coefficient (Wildman–Crippen LogP) is 3.56. The normalized spacial score (nSPS) is 10.8. The molecule has 0 aliphatic rings. The van der Waals surface area contributed by atoms with E-state index >= 15 is 0 Å². The molecule has 0 saturated heterocycles. The van der Waals surface area contributed by atoms with E-state index in [9.17, 15) is 13.9 Å². The van der Waals surface area contributed by atoms with Crippen molar-refractivity contribution in [1.29, 1.82) is 0 Å². The number of thioether (sulfide) groups is 1. The Morgan fingerprint density at radius 2 is 2.18 bits per heavy atom. The largest absolute Gasteiger partial charge is 0.493 e. The Morgan fingerprint density at radius 3 is 2.95 bits per heavy atom. The van der Waals surface area contributed by atoms with E-state index in [2.05, 4.69) is 14.9 Å². The Kier molecular flexibility index (Phi) is 3.65. The van der Waals surface area contributed by atoms with Crippen molar-refractivity contribution in [2.45, 2.75) is 10.6 Å². The summed E-state index contributed by atoms with van der Waals surface area (Å²) in [5, 5.41) is 13.7. The first-order valence-corrected chi connectivity index (χ1v) is 7.09. The van der Waals surface area contributed by atoms with Gasteiger partial charge in [0.1, 0.15) is 0 Å². The Balaban J connectivity index is 1.91. The first kappa shape index (κ1) is 14.3. The molecule has 110 valence electrons. The van der Waals surface area contributed by atoms with Gasteiger partial charge in [0.15, 0.2) is 17.3 Å². The molecule has 0 bridgehead atoms. The van der Waals surface area contributed by atoms with Crippen molar-refractivity contribution >= 4 is 23.1 Å². The number of hydrogen-bond donors (Lipinski definition) is 1. The summed E-state index contributed by atoms with van der Waals surface area (Å²) < 4.78 is 27.9. The fourth-order valence-electron chi connectivity index (χ4n) is 1.88. The van der Waals surface area contributed by atoms with E-state index in [0.717, 1.165) is 22.3 Å². The third kappa shape index (κ3) is 2.46. The van der Waals surface area contributed by atoms with E-state index in [-0.39, 0.29) is 27.9 Å². The van der Waals surface area contributed by atoms with Gasteiger partial charge in [0.2, 0.25) is 11.6 Å². The Bertz CT molecular complexity index is 904. The molecule has 1 aromatic carbocycles. The van der Waals surface area contributed by atoms with E-state index in [1.165, 1.54) is 24.4 Å². The van der Waals surface area contributed by atoms with Crippen molar-refractivity contribution in [3.8, 4) is 5.88 Å². The van der Waals surface area contributed by atoms with E-state index in [4.69, 9.17) is 6.57 Å². The zero-order chi connectivity index (χ0) is 15.7. The van der Waals surface area contributed by atoms with E-state index < -0.39 is 11.6 Å². The number of hydrogen-bond acceptors (Lipinski definition) is 4. The number of aromatic hydroxyl groups is 1. The van der Waals surface area contributed by atoms with Gasteiger partial charge in [-0.3, -0.25) is 0 Å². The van der Waals surface area contributed by atoms with Crippen LogP contribution < -0.4 is 0 Å². The molecule has 8 heteroatoms. The lowest BCUT2D eigenvalue weighted by molar-refractivity contribution is 0.434. The van der Waals surface area contributed by atoms with Gasteiger partial charge < -0.3 is 5.11 Å². The van der Waals surface area contributed by atoms with Gasteiger partial charge in [-0.25, -0.2) is 18.6 Å². The number of nitrogens with zero attached hydrogens (tertiary/aromatic N) is 4. The molecule has 0 fully saturated rings.